The molecule has 0 saturated carbocycles. The van der Waals surface area contributed by atoms with Crippen LogP contribution in [0.15, 0.2) is 40.1 Å². The summed E-state index contributed by atoms with van der Waals surface area (Å²) in [6, 6.07) is 4.75. The molecule has 0 radical (unpaired) electrons. The van der Waals surface area contributed by atoms with E-state index in [1.165, 1.54) is 0 Å². The summed E-state index contributed by atoms with van der Waals surface area (Å²) in [6.07, 6.45) is 3.21. The van der Waals surface area contributed by atoms with E-state index in [1.807, 2.05) is 13.0 Å². The average Bonchev–Trinajstić information content (AvgIpc) is 2.54. The molecule has 0 aliphatic rings. The van der Waals surface area contributed by atoms with Gasteiger partial charge in [0.1, 0.15) is 23.3 Å². The number of carbonyl (C=O) groups is 1. The van der Waals surface area contributed by atoms with Crippen molar-refractivity contribution in [1.29, 1.82) is 0 Å². The van der Waals surface area contributed by atoms with Crippen LogP contribution in [0.4, 0.5) is 0 Å². The summed E-state index contributed by atoms with van der Waals surface area (Å²) in [5.74, 6) is -0.321. The van der Waals surface area contributed by atoms with Crippen molar-refractivity contribution in [3.05, 3.63) is 52.4 Å². The van der Waals surface area contributed by atoms with Crippen LogP contribution in [0, 0.1) is 0 Å². The van der Waals surface area contributed by atoms with Gasteiger partial charge in [0.05, 0.1) is 6.61 Å². The van der Waals surface area contributed by atoms with Crippen LogP contribution in [0.3, 0.4) is 0 Å². The Morgan fingerprint density at radius 2 is 2.13 bits per heavy atom. The highest BCUT2D eigenvalue weighted by Crippen LogP contribution is 2.28. The van der Waals surface area contributed by atoms with Crippen LogP contribution in [0.25, 0.3) is 11.0 Å². The van der Waals surface area contributed by atoms with Crippen LogP contribution in [0.2, 0.25) is 0 Å². The van der Waals surface area contributed by atoms with Crippen molar-refractivity contribution in [2.45, 2.75) is 26.7 Å². The summed E-state index contributed by atoms with van der Waals surface area (Å²) in [4.78, 5) is 24.3. The van der Waals surface area contributed by atoms with Crippen molar-refractivity contribution in [2.24, 2.45) is 0 Å². The Morgan fingerprint density at radius 3 is 2.78 bits per heavy atom. The van der Waals surface area contributed by atoms with E-state index in [1.54, 1.807) is 19.1 Å². The number of aryl methyl sites for hydroxylation is 1. The Hall–Kier alpha value is -2.56. The molecule has 0 aliphatic carbocycles. The lowest BCUT2D eigenvalue weighted by Gasteiger charge is -2.11. The predicted molar refractivity (Wildman–Crippen MR) is 88.1 cm³/mol. The maximum atomic E-state index is 12.5. The quantitative estimate of drug-likeness (QED) is 0.578. The number of carbonyl (C=O) groups excluding carboxylic acids is 1. The van der Waals surface area contributed by atoms with Crippen LogP contribution >= 0.6 is 0 Å². The third kappa shape index (κ3) is 3.62. The zero-order valence-corrected chi connectivity index (χ0v) is 13.4. The number of hydrogen-bond donors (Lipinski definition) is 0. The van der Waals surface area contributed by atoms with E-state index >= 15 is 0 Å². The minimum Gasteiger partial charge on any atom is -0.489 e. The van der Waals surface area contributed by atoms with Crippen LogP contribution in [0.1, 0.15) is 36.4 Å². The summed E-state index contributed by atoms with van der Waals surface area (Å²) in [5, 5.41) is 0.339. The first kappa shape index (κ1) is 16.8. The first-order chi connectivity index (χ1) is 11.1. The van der Waals surface area contributed by atoms with Crippen molar-refractivity contribution < 1.29 is 18.7 Å². The van der Waals surface area contributed by atoms with Gasteiger partial charge in [0, 0.05) is 6.07 Å². The molecule has 0 spiro atoms. The summed E-state index contributed by atoms with van der Waals surface area (Å²) < 4.78 is 16.1. The fraction of sp³-hybridized carbons (Fsp3) is 0.333. The second kappa shape index (κ2) is 7.63. The molecule has 1 aromatic heterocycles. The number of ether oxygens (including phenoxy) is 2. The van der Waals surface area contributed by atoms with E-state index in [0.29, 0.717) is 16.7 Å². The van der Waals surface area contributed by atoms with Gasteiger partial charge < -0.3 is 13.9 Å². The van der Waals surface area contributed by atoms with Crippen LogP contribution < -0.4 is 10.2 Å². The number of benzene rings is 1. The van der Waals surface area contributed by atoms with Crippen molar-refractivity contribution in [2.75, 3.05) is 13.2 Å². The standard InChI is InChI=1S/C18H20O5/c1-4-7-12-8-9-14(22-10-5-2)16-13(19)11-15(23-17(12)16)18(20)21-6-3/h5,8-9,11H,2,4,6-7,10H2,1,3H3. The third-order valence-corrected chi connectivity index (χ3v) is 3.27. The highest BCUT2D eigenvalue weighted by atomic mass is 16.5. The SMILES string of the molecule is C=CCOc1ccc(CCC)c2oc(C(=O)OCC)cc(=O)c12. The van der Waals surface area contributed by atoms with Crippen LogP contribution in [-0.2, 0) is 11.2 Å². The van der Waals surface area contributed by atoms with E-state index in [0.717, 1.165) is 24.5 Å². The average molecular weight is 316 g/mol. The molecule has 2 aromatic rings. The molecular formula is C18H20O5. The van der Waals surface area contributed by atoms with E-state index in [4.69, 9.17) is 13.9 Å². The van der Waals surface area contributed by atoms with Gasteiger partial charge in [-0.2, -0.15) is 0 Å². The molecule has 0 N–H and O–H groups in total. The van der Waals surface area contributed by atoms with E-state index in [-0.39, 0.29) is 24.4 Å². The lowest BCUT2D eigenvalue weighted by Crippen LogP contribution is -2.12. The number of esters is 1. The number of hydrogen-bond acceptors (Lipinski definition) is 5. The van der Waals surface area contributed by atoms with Gasteiger partial charge in [0.15, 0.2) is 5.43 Å². The van der Waals surface area contributed by atoms with E-state index in [9.17, 15) is 9.59 Å². The van der Waals surface area contributed by atoms with Crippen molar-refractivity contribution in [3.63, 3.8) is 0 Å². The highest BCUT2D eigenvalue weighted by molar-refractivity contribution is 5.91. The van der Waals surface area contributed by atoms with Gasteiger partial charge in [-0.15, -0.1) is 0 Å². The fourth-order valence-electron chi connectivity index (χ4n) is 2.33. The molecular weight excluding hydrogens is 296 g/mol. The van der Waals surface area contributed by atoms with Gasteiger partial charge in [0.25, 0.3) is 0 Å². The molecule has 122 valence electrons. The van der Waals surface area contributed by atoms with E-state index < -0.39 is 5.97 Å². The topological polar surface area (TPSA) is 65.7 Å². The Bertz CT molecular complexity index is 773. The normalized spacial score (nSPS) is 10.5. The molecule has 0 saturated heterocycles. The summed E-state index contributed by atoms with van der Waals surface area (Å²) in [7, 11) is 0. The van der Waals surface area contributed by atoms with Gasteiger partial charge in [-0.1, -0.05) is 32.1 Å². The molecule has 1 aromatic carbocycles. The molecule has 0 amide bonds. The molecule has 2 rings (SSSR count). The first-order valence-electron chi connectivity index (χ1n) is 7.62. The summed E-state index contributed by atoms with van der Waals surface area (Å²) in [5.41, 5.74) is 0.909. The van der Waals surface area contributed by atoms with Crippen molar-refractivity contribution in [1.82, 2.24) is 0 Å². The lowest BCUT2D eigenvalue weighted by atomic mass is 10.1. The van der Waals surface area contributed by atoms with Gasteiger partial charge >= 0.3 is 5.97 Å². The molecule has 5 nitrogen and oxygen atoms in total. The maximum Gasteiger partial charge on any atom is 0.374 e. The largest absolute Gasteiger partial charge is 0.489 e. The van der Waals surface area contributed by atoms with E-state index in [2.05, 4.69) is 6.58 Å². The summed E-state index contributed by atoms with van der Waals surface area (Å²) in [6.45, 7) is 7.81. The Balaban J connectivity index is 2.67. The van der Waals surface area contributed by atoms with Crippen molar-refractivity contribution in [3.8, 4) is 5.75 Å². The minimum atomic E-state index is -0.647. The molecule has 5 heteroatoms. The Morgan fingerprint density at radius 1 is 1.35 bits per heavy atom. The molecule has 1 heterocycles. The first-order valence-corrected chi connectivity index (χ1v) is 7.62. The lowest BCUT2D eigenvalue weighted by molar-refractivity contribution is 0.0490. The summed E-state index contributed by atoms with van der Waals surface area (Å²) >= 11 is 0. The Labute approximate surface area is 134 Å². The molecule has 0 bridgehead atoms. The second-order valence-electron chi connectivity index (χ2n) is 4.97. The van der Waals surface area contributed by atoms with Gasteiger partial charge in [-0.25, -0.2) is 4.79 Å². The van der Waals surface area contributed by atoms with Crippen LogP contribution in [-0.4, -0.2) is 19.2 Å². The smallest absolute Gasteiger partial charge is 0.374 e. The van der Waals surface area contributed by atoms with Gasteiger partial charge in [-0.05, 0) is 25.0 Å². The second-order valence-corrected chi connectivity index (χ2v) is 4.97. The van der Waals surface area contributed by atoms with Crippen LogP contribution in [0.5, 0.6) is 5.75 Å². The molecule has 0 aliphatic heterocycles. The zero-order chi connectivity index (χ0) is 16.8. The zero-order valence-electron chi connectivity index (χ0n) is 13.4. The highest BCUT2D eigenvalue weighted by Gasteiger charge is 2.18. The third-order valence-electron chi connectivity index (χ3n) is 3.27. The van der Waals surface area contributed by atoms with Gasteiger partial charge in [-0.3, -0.25) is 4.79 Å². The molecule has 0 atom stereocenters. The Kier molecular flexibility index (Phi) is 5.57. The van der Waals surface area contributed by atoms with Crippen molar-refractivity contribution >= 4 is 16.9 Å². The number of fused-ring (bicyclic) bond motifs is 1. The predicted octanol–water partition coefficient (Wildman–Crippen LogP) is 3.49. The molecule has 23 heavy (non-hydrogen) atoms. The fourth-order valence-corrected chi connectivity index (χ4v) is 2.33. The van der Waals surface area contributed by atoms with Gasteiger partial charge in [0.2, 0.25) is 5.76 Å². The minimum absolute atomic E-state index is 0.0948. The monoisotopic (exact) mass is 316 g/mol. The molecule has 0 fully saturated rings. The number of rotatable bonds is 7. The maximum absolute atomic E-state index is 12.5. The molecule has 0 unspecified atom stereocenters.